The molecule has 0 spiro atoms. The number of hydrogen-bond donors (Lipinski definition) is 1. The van der Waals surface area contributed by atoms with E-state index in [0.717, 1.165) is 21.8 Å². The molecule has 170 valence electrons. The molecule has 0 aliphatic heterocycles. The zero-order valence-corrected chi connectivity index (χ0v) is 19.8. The van der Waals surface area contributed by atoms with Gasteiger partial charge in [0.25, 0.3) is 0 Å². The number of benzene rings is 2. The Morgan fingerprint density at radius 3 is 2.33 bits per heavy atom. The van der Waals surface area contributed by atoms with Gasteiger partial charge in [-0.05, 0) is 56.5 Å². The Morgan fingerprint density at radius 1 is 1.03 bits per heavy atom. The molecule has 2 aromatic carbocycles. The third-order valence-electron chi connectivity index (χ3n) is 5.00. The van der Waals surface area contributed by atoms with Gasteiger partial charge in [-0.3, -0.25) is 14.5 Å². The smallest absolute Gasteiger partial charge is 0.319 e. The van der Waals surface area contributed by atoms with Crippen molar-refractivity contribution in [3.8, 4) is 11.8 Å². The number of carboxylic acids is 1. The number of aryl methyl sites for hydroxylation is 1. The van der Waals surface area contributed by atoms with Crippen LogP contribution in [-0.2, 0) is 17.9 Å². The molecular weight excluding hydrogens is 434 g/mol. The quantitative estimate of drug-likeness (QED) is 0.198. The number of nitrogens with zero attached hydrogens (tertiary/aromatic N) is 1. The molecule has 0 saturated heterocycles. The molecule has 0 saturated carbocycles. The predicted octanol–water partition coefficient (Wildman–Crippen LogP) is 5.43. The Hall–Kier alpha value is -3.27. The number of hydrogen-bond acceptors (Lipinski definition) is 5. The number of Topliss-reactive ketones (excluding diaryl/α,β-unsaturated/α-hetero) is 1. The van der Waals surface area contributed by atoms with Gasteiger partial charge in [-0.15, -0.1) is 11.8 Å². The van der Waals surface area contributed by atoms with Gasteiger partial charge >= 0.3 is 5.97 Å². The van der Waals surface area contributed by atoms with Gasteiger partial charge in [0.05, 0.1) is 19.4 Å². The van der Waals surface area contributed by atoms with Gasteiger partial charge in [-0.2, -0.15) is 0 Å². The van der Waals surface area contributed by atoms with Crippen molar-refractivity contribution < 1.29 is 19.1 Å². The van der Waals surface area contributed by atoms with Crippen LogP contribution in [0, 0.1) is 18.8 Å². The van der Waals surface area contributed by atoms with E-state index in [0.29, 0.717) is 25.2 Å². The molecule has 0 unspecified atom stereocenters. The third-order valence-corrected chi connectivity index (χ3v) is 6.19. The van der Waals surface area contributed by atoms with Gasteiger partial charge < -0.3 is 9.52 Å². The Bertz CT molecular complexity index is 1140. The molecule has 0 radical (unpaired) electrons. The van der Waals surface area contributed by atoms with Crippen molar-refractivity contribution >= 4 is 23.5 Å². The molecule has 0 aliphatic rings. The van der Waals surface area contributed by atoms with E-state index >= 15 is 0 Å². The number of aliphatic carboxylic acids is 1. The van der Waals surface area contributed by atoms with E-state index in [-0.39, 0.29) is 5.78 Å². The van der Waals surface area contributed by atoms with Gasteiger partial charge in [-0.1, -0.05) is 47.9 Å². The van der Waals surface area contributed by atoms with Crippen molar-refractivity contribution in [3.05, 3.63) is 89.4 Å². The maximum Gasteiger partial charge on any atom is 0.319 e. The minimum atomic E-state index is -0.896. The molecule has 0 fully saturated rings. The molecule has 3 rings (SSSR count). The summed E-state index contributed by atoms with van der Waals surface area (Å²) in [4.78, 5) is 26.7. The Labute approximate surface area is 198 Å². The summed E-state index contributed by atoms with van der Waals surface area (Å²) in [6.45, 7) is 6.93. The lowest BCUT2D eigenvalue weighted by Gasteiger charge is -2.20. The zero-order valence-electron chi connectivity index (χ0n) is 19.0. The lowest BCUT2D eigenvalue weighted by Crippen LogP contribution is -2.26. The van der Waals surface area contributed by atoms with Crippen molar-refractivity contribution in [2.75, 3.05) is 6.54 Å². The first-order chi connectivity index (χ1) is 15.7. The number of furan rings is 1. The van der Waals surface area contributed by atoms with Crippen molar-refractivity contribution in [1.82, 2.24) is 4.90 Å². The van der Waals surface area contributed by atoms with E-state index in [9.17, 15) is 14.7 Å². The normalized spacial score (nSPS) is 11.2. The van der Waals surface area contributed by atoms with Crippen LogP contribution in [-0.4, -0.2) is 33.1 Å². The van der Waals surface area contributed by atoms with Gasteiger partial charge in [0, 0.05) is 17.0 Å². The third kappa shape index (κ3) is 7.38. The van der Waals surface area contributed by atoms with Crippen LogP contribution in [0.25, 0.3) is 0 Å². The van der Waals surface area contributed by atoms with Gasteiger partial charge in [0.2, 0.25) is 5.78 Å². The first-order valence-corrected chi connectivity index (χ1v) is 11.4. The van der Waals surface area contributed by atoms with E-state index in [1.165, 1.54) is 11.8 Å². The van der Waals surface area contributed by atoms with Crippen LogP contribution in [0.5, 0.6) is 0 Å². The number of carboxylic acid groups (broad SMARTS) is 1. The molecule has 6 heteroatoms. The predicted molar refractivity (Wildman–Crippen MR) is 130 cm³/mol. The largest absolute Gasteiger partial charge is 0.480 e. The van der Waals surface area contributed by atoms with Crippen molar-refractivity contribution in [2.24, 2.45) is 0 Å². The lowest BCUT2D eigenvalue weighted by atomic mass is 10.1. The minimum Gasteiger partial charge on any atom is -0.480 e. The molecular formula is C27H27NO4S. The minimum absolute atomic E-state index is 0.199. The van der Waals surface area contributed by atoms with Crippen LogP contribution >= 0.6 is 11.8 Å². The topological polar surface area (TPSA) is 70.8 Å². The standard InChI is InChI=1S/C27H27NO4S/c1-20-8-12-22(13-9-20)25(29)7-4-16-28(19-23-6-5-17-32-23)18-21-10-14-24(15-11-21)33-27(2,3)26(30)31/h5-6,8-15,17H,16,18-19H2,1-3H3,(H,30,31). The average molecular weight is 462 g/mol. The van der Waals surface area contributed by atoms with Crippen LogP contribution in [0.15, 0.2) is 76.2 Å². The number of rotatable bonds is 9. The van der Waals surface area contributed by atoms with E-state index in [1.807, 2.05) is 55.5 Å². The van der Waals surface area contributed by atoms with E-state index in [4.69, 9.17) is 4.42 Å². The highest BCUT2D eigenvalue weighted by molar-refractivity contribution is 8.01. The van der Waals surface area contributed by atoms with E-state index < -0.39 is 10.7 Å². The Balaban J connectivity index is 1.68. The van der Waals surface area contributed by atoms with E-state index in [2.05, 4.69) is 16.7 Å². The van der Waals surface area contributed by atoms with Gasteiger partial charge in [0.1, 0.15) is 10.5 Å². The highest BCUT2D eigenvalue weighted by Gasteiger charge is 2.28. The second-order valence-corrected chi connectivity index (χ2v) is 9.98. The SMILES string of the molecule is Cc1ccc(C(=O)C#CCN(Cc2ccc(SC(C)(C)C(=O)O)cc2)Cc2ccco2)cc1. The maximum absolute atomic E-state index is 12.4. The first-order valence-electron chi connectivity index (χ1n) is 10.6. The molecule has 33 heavy (non-hydrogen) atoms. The highest BCUT2D eigenvalue weighted by atomic mass is 32.2. The average Bonchev–Trinajstić information content (AvgIpc) is 3.28. The fourth-order valence-corrected chi connectivity index (χ4v) is 4.01. The van der Waals surface area contributed by atoms with Gasteiger partial charge in [0.15, 0.2) is 0 Å². The summed E-state index contributed by atoms with van der Waals surface area (Å²) in [7, 11) is 0. The van der Waals surface area contributed by atoms with Crippen LogP contribution in [0.4, 0.5) is 0 Å². The lowest BCUT2D eigenvalue weighted by molar-refractivity contribution is -0.138. The molecule has 1 heterocycles. The molecule has 3 aromatic rings. The summed E-state index contributed by atoms with van der Waals surface area (Å²) in [5, 5.41) is 9.33. The Morgan fingerprint density at radius 2 is 1.73 bits per heavy atom. The molecule has 1 N–H and O–H groups in total. The van der Waals surface area contributed by atoms with Crippen LogP contribution in [0.1, 0.15) is 41.1 Å². The second-order valence-electron chi connectivity index (χ2n) is 8.28. The summed E-state index contributed by atoms with van der Waals surface area (Å²) in [6, 6.07) is 19.0. The first kappa shape index (κ1) is 24.4. The monoisotopic (exact) mass is 461 g/mol. The van der Waals surface area contributed by atoms with Crippen molar-refractivity contribution in [3.63, 3.8) is 0 Å². The molecule has 0 amide bonds. The highest BCUT2D eigenvalue weighted by Crippen LogP contribution is 2.32. The summed E-state index contributed by atoms with van der Waals surface area (Å²) < 4.78 is 4.59. The van der Waals surface area contributed by atoms with E-state index in [1.54, 1.807) is 32.2 Å². The summed E-state index contributed by atoms with van der Waals surface area (Å²) >= 11 is 1.31. The van der Waals surface area contributed by atoms with Crippen LogP contribution < -0.4 is 0 Å². The number of thioether (sulfide) groups is 1. The number of carbonyl (C=O) groups excluding carboxylic acids is 1. The molecule has 0 bridgehead atoms. The fraction of sp³-hybridized carbons (Fsp3) is 0.259. The number of ketones is 1. The summed E-state index contributed by atoms with van der Waals surface area (Å²) in [5.41, 5.74) is 2.74. The number of carbonyl (C=O) groups is 2. The second kappa shape index (κ2) is 11.0. The summed E-state index contributed by atoms with van der Waals surface area (Å²) in [5.74, 6) is 5.51. The Kier molecular flexibility index (Phi) is 8.16. The molecule has 0 aliphatic carbocycles. The van der Waals surface area contributed by atoms with Crippen molar-refractivity contribution in [2.45, 2.75) is 43.5 Å². The van der Waals surface area contributed by atoms with Crippen LogP contribution in [0.3, 0.4) is 0 Å². The zero-order chi connectivity index (χ0) is 23.8. The molecule has 1 aromatic heterocycles. The molecule has 0 atom stereocenters. The maximum atomic E-state index is 12.4. The fourth-order valence-electron chi connectivity index (χ4n) is 3.06. The summed E-state index contributed by atoms with van der Waals surface area (Å²) in [6.07, 6.45) is 1.64. The molecule has 5 nitrogen and oxygen atoms in total. The van der Waals surface area contributed by atoms with Crippen molar-refractivity contribution in [1.29, 1.82) is 0 Å². The van der Waals surface area contributed by atoms with Crippen LogP contribution in [0.2, 0.25) is 0 Å². The van der Waals surface area contributed by atoms with Gasteiger partial charge in [-0.25, -0.2) is 0 Å².